The fourth-order valence-corrected chi connectivity index (χ4v) is 5.36. The average Bonchev–Trinajstić information content (AvgIpc) is 2.90. The number of piperazine rings is 1. The first kappa shape index (κ1) is 16.0. The Balaban J connectivity index is 1.80. The van der Waals surface area contributed by atoms with E-state index in [1.165, 1.54) is 54.4 Å². The van der Waals surface area contributed by atoms with E-state index in [9.17, 15) is 0 Å². The Kier molecular flexibility index (Phi) is 4.80. The van der Waals surface area contributed by atoms with E-state index in [1.807, 2.05) is 11.3 Å². The molecule has 1 N–H and O–H groups in total. The summed E-state index contributed by atoms with van der Waals surface area (Å²) in [6.07, 6.45) is 8.13. The van der Waals surface area contributed by atoms with Gasteiger partial charge in [0.25, 0.3) is 0 Å². The molecule has 2 fully saturated rings. The van der Waals surface area contributed by atoms with E-state index >= 15 is 0 Å². The predicted molar refractivity (Wildman–Crippen MR) is 94.9 cm³/mol. The van der Waals surface area contributed by atoms with Crippen LogP contribution in [0.25, 0.3) is 0 Å². The highest BCUT2D eigenvalue weighted by Crippen LogP contribution is 2.37. The fraction of sp³-hybridized carbons (Fsp3) is 0.765. The summed E-state index contributed by atoms with van der Waals surface area (Å²) in [7, 11) is 0. The van der Waals surface area contributed by atoms with Crippen molar-refractivity contribution in [3.05, 3.63) is 20.8 Å². The number of hydrogen-bond acceptors (Lipinski definition) is 3. The number of nitrogens with zero attached hydrogens (tertiary/aromatic N) is 1. The highest BCUT2D eigenvalue weighted by molar-refractivity contribution is 9.10. The molecule has 1 aliphatic heterocycles. The molecule has 1 aromatic rings. The molecule has 0 amide bonds. The Bertz CT molecular complexity index is 481. The van der Waals surface area contributed by atoms with Crippen LogP contribution in [0.2, 0.25) is 0 Å². The normalized spacial score (nSPS) is 29.9. The zero-order valence-corrected chi connectivity index (χ0v) is 15.7. The molecular weight excluding hydrogens is 344 g/mol. The van der Waals surface area contributed by atoms with Crippen molar-refractivity contribution in [2.45, 2.75) is 70.0 Å². The van der Waals surface area contributed by atoms with Crippen molar-refractivity contribution in [3.8, 4) is 0 Å². The highest BCUT2D eigenvalue weighted by atomic mass is 79.9. The Hall–Kier alpha value is 0.100. The van der Waals surface area contributed by atoms with Gasteiger partial charge in [-0.1, -0.05) is 26.2 Å². The molecule has 1 aromatic heterocycles. The van der Waals surface area contributed by atoms with Crippen LogP contribution in [-0.2, 0) is 6.54 Å². The number of thiophene rings is 1. The lowest BCUT2D eigenvalue weighted by Gasteiger charge is -2.54. The van der Waals surface area contributed by atoms with Crippen molar-refractivity contribution in [1.82, 2.24) is 10.2 Å². The van der Waals surface area contributed by atoms with E-state index < -0.39 is 0 Å². The Labute approximate surface area is 141 Å². The summed E-state index contributed by atoms with van der Waals surface area (Å²) >= 11 is 5.59. The first-order chi connectivity index (χ1) is 10.1. The fourth-order valence-electron chi connectivity index (χ4n) is 3.87. The van der Waals surface area contributed by atoms with E-state index in [4.69, 9.17) is 0 Å². The molecule has 2 nitrogen and oxygen atoms in total. The summed E-state index contributed by atoms with van der Waals surface area (Å²) in [5.41, 5.74) is 0.669. The maximum Gasteiger partial charge on any atom is 0.0346 e. The van der Waals surface area contributed by atoms with Crippen LogP contribution in [0.1, 0.15) is 57.2 Å². The van der Waals surface area contributed by atoms with Gasteiger partial charge in [0.1, 0.15) is 0 Å². The molecule has 1 spiro atoms. The van der Waals surface area contributed by atoms with Gasteiger partial charge in [0.2, 0.25) is 0 Å². The van der Waals surface area contributed by atoms with E-state index in [0.29, 0.717) is 5.54 Å². The summed E-state index contributed by atoms with van der Waals surface area (Å²) in [6.45, 7) is 8.19. The summed E-state index contributed by atoms with van der Waals surface area (Å²) in [5, 5.41) is 6.15. The molecule has 1 aliphatic carbocycles. The van der Waals surface area contributed by atoms with Crippen LogP contribution in [0.4, 0.5) is 0 Å². The third-order valence-corrected chi connectivity index (χ3v) is 7.61. The maximum absolute atomic E-state index is 3.95. The van der Waals surface area contributed by atoms with E-state index in [1.54, 1.807) is 0 Å². The minimum Gasteiger partial charge on any atom is -0.308 e. The maximum atomic E-state index is 3.95. The molecule has 0 radical (unpaired) electrons. The quantitative estimate of drug-likeness (QED) is 0.822. The van der Waals surface area contributed by atoms with Crippen molar-refractivity contribution < 1.29 is 0 Å². The van der Waals surface area contributed by atoms with Crippen LogP contribution in [0.3, 0.4) is 0 Å². The van der Waals surface area contributed by atoms with Crippen LogP contribution < -0.4 is 5.32 Å². The van der Waals surface area contributed by atoms with Gasteiger partial charge in [0.15, 0.2) is 0 Å². The SMILES string of the molecule is CCC1(C)CNC2(CCCCC2)CN1Cc1sccc1Br. The van der Waals surface area contributed by atoms with Crippen LogP contribution in [0, 0.1) is 0 Å². The zero-order chi connectivity index (χ0) is 14.9. The second-order valence-electron chi connectivity index (χ2n) is 7.09. The topological polar surface area (TPSA) is 15.3 Å². The van der Waals surface area contributed by atoms with Crippen molar-refractivity contribution in [2.75, 3.05) is 13.1 Å². The molecule has 2 heterocycles. The van der Waals surface area contributed by atoms with Gasteiger partial charge in [-0.2, -0.15) is 0 Å². The average molecular weight is 371 g/mol. The minimum absolute atomic E-state index is 0.284. The predicted octanol–water partition coefficient (Wildman–Crippen LogP) is 4.79. The Morgan fingerprint density at radius 1 is 1.33 bits per heavy atom. The molecule has 0 aromatic carbocycles. The van der Waals surface area contributed by atoms with Gasteiger partial charge >= 0.3 is 0 Å². The lowest BCUT2D eigenvalue weighted by molar-refractivity contribution is -0.00682. The van der Waals surface area contributed by atoms with Gasteiger partial charge < -0.3 is 5.32 Å². The van der Waals surface area contributed by atoms with Crippen LogP contribution in [0.15, 0.2) is 15.9 Å². The lowest BCUT2D eigenvalue weighted by atomic mass is 9.77. The van der Waals surface area contributed by atoms with Crippen LogP contribution in [0.5, 0.6) is 0 Å². The molecule has 3 rings (SSSR count). The van der Waals surface area contributed by atoms with Crippen molar-refractivity contribution in [1.29, 1.82) is 0 Å². The van der Waals surface area contributed by atoms with Crippen molar-refractivity contribution >= 4 is 27.3 Å². The first-order valence-corrected chi connectivity index (χ1v) is 9.96. The summed E-state index contributed by atoms with van der Waals surface area (Å²) in [5.74, 6) is 0. The molecule has 1 saturated heterocycles. The second kappa shape index (κ2) is 6.31. The highest BCUT2D eigenvalue weighted by Gasteiger charge is 2.44. The van der Waals surface area contributed by atoms with Crippen molar-refractivity contribution in [2.24, 2.45) is 0 Å². The number of nitrogens with one attached hydrogen (secondary N) is 1. The van der Waals surface area contributed by atoms with Gasteiger partial charge in [-0.15, -0.1) is 11.3 Å². The lowest BCUT2D eigenvalue weighted by Crippen LogP contribution is -2.69. The molecule has 2 aliphatic rings. The third kappa shape index (κ3) is 3.24. The van der Waals surface area contributed by atoms with E-state index in [2.05, 4.69) is 51.4 Å². The molecular formula is C17H27BrN2S. The molecule has 118 valence electrons. The number of hydrogen-bond donors (Lipinski definition) is 1. The van der Waals surface area contributed by atoms with Gasteiger partial charge in [-0.05, 0) is 53.6 Å². The molecule has 1 unspecified atom stereocenters. The minimum atomic E-state index is 0.284. The summed E-state index contributed by atoms with van der Waals surface area (Å²) in [4.78, 5) is 4.23. The van der Waals surface area contributed by atoms with Gasteiger partial charge in [-0.3, -0.25) is 4.90 Å². The van der Waals surface area contributed by atoms with Crippen molar-refractivity contribution in [3.63, 3.8) is 0 Å². The molecule has 1 saturated carbocycles. The van der Waals surface area contributed by atoms with E-state index in [0.717, 1.165) is 13.1 Å². The molecule has 4 heteroatoms. The summed E-state index contributed by atoms with van der Waals surface area (Å²) in [6, 6.07) is 2.18. The Morgan fingerprint density at radius 3 is 2.71 bits per heavy atom. The van der Waals surface area contributed by atoms with E-state index in [-0.39, 0.29) is 5.54 Å². The van der Waals surface area contributed by atoms with Gasteiger partial charge in [0.05, 0.1) is 0 Å². The second-order valence-corrected chi connectivity index (χ2v) is 8.95. The van der Waals surface area contributed by atoms with Crippen LogP contribution in [-0.4, -0.2) is 29.1 Å². The third-order valence-electron chi connectivity index (χ3n) is 5.70. The largest absolute Gasteiger partial charge is 0.308 e. The monoisotopic (exact) mass is 370 g/mol. The van der Waals surface area contributed by atoms with Gasteiger partial charge in [0, 0.05) is 40.1 Å². The van der Waals surface area contributed by atoms with Crippen LogP contribution >= 0.6 is 27.3 Å². The van der Waals surface area contributed by atoms with Gasteiger partial charge in [-0.25, -0.2) is 0 Å². The Morgan fingerprint density at radius 2 is 2.10 bits per heavy atom. The summed E-state index contributed by atoms with van der Waals surface area (Å²) < 4.78 is 1.28. The smallest absolute Gasteiger partial charge is 0.0346 e. The molecule has 0 bridgehead atoms. The zero-order valence-electron chi connectivity index (χ0n) is 13.3. The molecule has 1 atom stereocenters. The standard InChI is InChI=1S/C17H27BrN2S/c1-3-16(2)12-19-17(8-5-4-6-9-17)13-20(16)11-15-14(18)7-10-21-15/h7,10,19H,3-6,8-9,11-13H2,1-2H3. The number of halogens is 1. The number of rotatable bonds is 3. The molecule has 21 heavy (non-hydrogen) atoms. The first-order valence-electron chi connectivity index (χ1n) is 8.29.